The standard InChI is InChI=1S/C11H12N4O2S/c1-6-3-8(10(16)17)15-11(14-6)13-5-9-12-4-7(2)18-9/h3-4H,5H2,1-2H3,(H,16,17)(H,13,14,15). The van der Waals surface area contributed by atoms with Gasteiger partial charge in [0.15, 0.2) is 5.69 Å². The second-order valence-corrected chi connectivity index (χ2v) is 5.06. The van der Waals surface area contributed by atoms with Gasteiger partial charge in [0.25, 0.3) is 0 Å². The zero-order valence-electron chi connectivity index (χ0n) is 9.97. The minimum Gasteiger partial charge on any atom is -0.477 e. The SMILES string of the molecule is Cc1cc(C(=O)O)nc(NCc2ncc(C)s2)n1. The van der Waals surface area contributed by atoms with Crippen LogP contribution in [0.2, 0.25) is 0 Å². The van der Waals surface area contributed by atoms with Crippen LogP contribution in [0.25, 0.3) is 0 Å². The topological polar surface area (TPSA) is 88.0 Å². The number of thiazole rings is 1. The third-order valence-electron chi connectivity index (χ3n) is 2.14. The highest BCUT2D eigenvalue weighted by Gasteiger charge is 2.08. The van der Waals surface area contributed by atoms with Crippen molar-refractivity contribution in [1.82, 2.24) is 15.0 Å². The molecule has 2 aromatic rings. The van der Waals surface area contributed by atoms with E-state index in [-0.39, 0.29) is 5.69 Å². The van der Waals surface area contributed by atoms with Crippen molar-refractivity contribution in [3.8, 4) is 0 Å². The van der Waals surface area contributed by atoms with Crippen LogP contribution in [0.1, 0.15) is 26.1 Å². The lowest BCUT2D eigenvalue weighted by atomic mass is 10.3. The van der Waals surface area contributed by atoms with Gasteiger partial charge in [0.1, 0.15) is 5.01 Å². The predicted molar refractivity (Wildman–Crippen MR) is 67.9 cm³/mol. The van der Waals surface area contributed by atoms with Gasteiger partial charge in [0.2, 0.25) is 5.95 Å². The van der Waals surface area contributed by atoms with Gasteiger partial charge in [0, 0.05) is 16.8 Å². The number of carboxylic acids is 1. The highest BCUT2D eigenvalue weighted by molar-refractivity contribution is 7.11. The van der Waals surface area contributed by atoms with Crippen molar-refractivity contribution in [2.45, 2.75) is 20.4 Å². The van der Waals surface area contributed by atoms with E-state index in [9.17, 15) is 4.79 Å². The van der Waals surface area contributed by atoms with Crippen LogP contribution in [0.5, 0.6) is 0 Å². The number of anilines is 1. The van der Waals surface area contributed by atoms with Crippen LogP contribution in [-0.2, 0) is 6.54 Å². The average Bonchev–Trinajstić information content (AvgIpc) is 2.72. The van der Waals surface area contributed by atoms with Crippen molar-refractivity contribution in [2.75, 3.05) is 5.32 Å². The Morgan fingerprint density at radius 1 is 1.44 bits per heavy atom. The van der Waals surface area contributed by atoms with Crippen molar-refractivity contribution in [1.29, 1.82) is 0 Å². The van der Waals surface area contributed by atoms with E-state index in [1.54, 1.807) is 24.5 Å². The normalized spacial score (nSPS) is 10.3. The van der Waals surface area contributed by atoms with E-state index in [1.807, 2.05) is 6.92 Å². The molecule has 2 heterocycles. The van der Waals surface area contributed by atoms with E-state index in [0.29, 0.717) is 18.2 Å². The molecule has 0 unspecified atom stereocenters. The van der Waals surface area contributed by atoms with Crippen LogP contribution < -0.4 is 5.32 Å². The third kappa shape index (κ3) is 3.01. The van der Waals surface area contributed by atoms with Gasteiger partial charge in [-0.3, -0.25) is 0 Å². The van der Waals surface area contributed by atoms with E-state index >= 15 is 0 Å². The number of carbonyl (C=O) groups is 1. The molecule has 0 aliphatic carbocycles. The minimum absolute atomic E-state index is 0.0136. The van der Waals surface area contributed by atoms with Gasteiger partial charge in [-0.2, -0.15) is 0 Å². The van der Waals surface area contributed by atoms with Crippen LogP contribution in [0.15, 0.2) is 12.3 Å². The Hall–Kier alpha value is -2.02. The molecule has 0 spiro atoms. The first-order chi connectivity index (χ1) is 8.54. The van der Waals surface area contributed by atoms with E-state index < -0.39 is 5.97 Å². The largest absolute Gasteiger partial charge is 0.477 e. The summed E-state index contributed by atoms with van der Waals surface area (Å²) in [5.41, 5.74) is 0.598. The quantitative estimate of drug-likeness (QED) is 0.876. The lowest BCUT2D eigenvalue weighted by Crippen LogP contribution is -2.09. The molecule has 0 amide bonds. The van der Waals surface area contributed by atoms with E-state index in [0.717, 1.165) is 9.88 Å². The molecule has 0 saturated heterocycles. The van der Waals surface area contributed by atoms with Gasteiger partial charge in [-0.05, 0) is 19.9 Å². The van der Waals surface area contributed by atoms with Gasteiger partial charge in [0.05, 0.1) is 6.54 Å². The Bertz CT molecular complexity index is 582. The Kier molecular flexibility index (Phi) is 3.52. The molecule has 94 valence electrons. The lowest BCUT2D eigenvalue weighted by Gasteiger charge is -2.04. The van der Waals surface area contributed by atoms with E-state index in [1.165, 1.54) is 6.07 Å². The summed E-state index contributed by atoms with van der Waals surface area (Å²) >= 11 is 1.58. The maximum atomic E-state index is 10.9. The Morgan fingerprint density at radius 2 is 2.22 bits per heavy atom. The number of aromatic nitrogens is 3. The smallest absolute Gasteiger partial charge is 0.354 e. The molecule has 0 saturated carbocycles. The van der Waals surface area contributed by atoms with Gasteiger partial charge in [-0.25, -0.2) is 19.7 Å². The molecular weight excluding hydrogens is 252 g/mol. The second kappa shape index (κ2) is 5.09. The summed E-state index contributed by atoms with van der Waals surface area (Å²) < 4.78 is 0. The van der Waals surface area contributed by atoms with Gasteiger partial charge >= 0.3 is 5.97 Å². The lowest BCUT2D eigenvalue weighted by molar-refractivity contribution is 0.0690. The summed E-state index contributed by atoms with van der Waals surface area (Å²) in [5, 5.41) is 12.8. The Morgan fingerprint density at radius 3 is 2.83 bits per heavy atom. The van der Waals surface area contributed by atoms with Crippen LogP contribution in [0, 0.1) is 13.8 Å². The van der Waals surface area contributed by atoms with Crippen LogP contribution in [0.4, 0.5) is 5.95 Å². The number of rotatable bonds is 4. The number of nitrogens with zero attached hydrogens (tertiary/aromatic N) is 3. The van der Waals surface area contributed by atoms with E-state index in [4.69, 9.17) is 5.11 Å². The van der Waals surface area contributed by atoms with Crippen molar-refractivity contribution < 1.29 is 9.90 Å². The fourth-order valence-electron chi connectivity index (χ4n) is 1.39. The predicted octanol–water partition coefficient (Wildman–Crippen LogP) is 1.86. The van der Waals surface area contributed by atoms with Crippen LogP contribution >= 0.6 is 11.3 Å². The molecule has 0 bridgehead atoms. The molecule has 0 radical (unpaired) electrons. The van der Waals surface area contributed by atoms with E-state index in [2.05, 4.69) is 20.3 Å². The second-order valence-electron chi connectivity index (χ2n) is 3.74. The Balaban J connectivity index is 2.11. The van der Waals surface area contributed by atoms with Crippen molar-refractivity contribution in [2.24, 2.45) is 0 Å². The average molecular weight is 264 g/mol. The monoisotopic (exact) mass is 264 g/mol. The molecule has 2 rings (SSSR count). The minimum atomic E-state index is -1.06. The molecule has 0 aromatic carbocycles. The maximum Gasteiger partial charge on any atom is 0.354 e. The summed E-state index contributed by atoms with van der Waals surface area (Å²) in [6.45, 7) is 4.20. The first-order valence-electron chi connectivity index (χ1n) is 5.29. The molecule has 2 N–H and O–H groups in total. The highest BCUT2D eigenvalue weighted by Crippen LogP contribution is 2.13. The number of aryl methyl sites for hydroxylation is 2. The summed E-state index contributed by atoms with van der Waals surface area (Å²) in [6.07, 6.45) is 1.79. The third-order valence-corrected chi connectivity index (χ3v) is 3.05. The molecular formula is C11H12N4O2S. The number of carboxylic acid groups (broad SMARTS) is 1. The molecule has 0 fully saturated rings. The zero-order chi connectivity index (χ0) is 13.1. The fraction of sp³-hybridized carbons (Fsp3) is 0.273. The fourth-order valence-corrected chi connectivity index (χ4v) is 2.12. The summed E-state index contributed by atoms with van der Waals surface area (Å²) in [4.78, 5) is 24.2. The molecule has 7 heteroatoms. The Labute approximate surface area is 108 Å². The number of hydrogen-bond acceptors (Lipinski definition) is 6. The van der Waals surface area contributed by atoms with Crippen LogP contribution in [-0.4, -0.2) is 26.0 Å². The highest BCUT2D eigenvalue weighted by atomic mass is 32.1. The maximum absolute atomic E-state index is 10.9. The van der Waals surface area contributed by atoms with Crippen molar-refractivity contribution in [3.05, 3.63) is 33.5 Å². The van der Waals surface area contributed by atoms with Gasteiger partial charge in [-0.1, -0.05) is 0 Å². The molecule has 6 nitrogen and oxygen atoms in total. The number of aromatic carboxylic acids is 1. The van der Waals surface area contributed by atoms with Crippen molar-refractivity contribution in [3.63, 3.8) is 0 Å². The zero-order valence-corrected chi connectivity index (χ0v) is 10.8. The summed E-state index contributed by atoms with van der Waals surface area (Å²) in [6, 6.07) is 1.43. The van der Waals surface area contributed by atoms with Gasteiger partial charge in [-0.15, -0.1) is 11.3 Å². The van der Waals surface area contributed by atoms with Gasteiger partial charge < -0.3 is 10.4 Å². The summed E-state index contributed by atoms with van der Waals surface area (Å²) in [7, 11) is 0. The molecule has 0 aliphatic heterocycles. The molecule has 0 atom stereocenters. The first kappa shape index (κ1) is 12.4. The molecule has 18 heavy (non-hydrogen) atoms. The molecule has 2 aromatic heterocycles. The summed E-state index contributed by atoms with van der Waals surface area (Å²) in [5.74, 6) is -0.756. The molecule has 0 aliphatic rings. The number of nitrogens with one attached hydrogen (secondary N) is 1. The number of hydrogen-bond donors (Lipinski definition) is 2. The van der Waals surface area contributed by atoms with Crippen molar-refractivity contribution >= 4 is 23.3 Å². The first-order valence-corrected chi connectivity index (χ1v) is 6.10. The van der Waals surface area contributed by atoms with Crippen LogP contribution in [0.3, 0.4) is 0 Å².